The van der Waals surface area contributed by atoms with Crippen molar-refractivity contribution in [3.63, 3.8) is 0 Å². The molecular formula is C12H21NS2. The van der Waals surface area contributed by atoms with E-state index in [4.69, 9.17) is 0 Å². The smallest absolute Gasteiger partial charge is 0.000806 e. The summed E-state index contributed by atoms with van der Waals surface area (Å²) in [6.07, 6.45) is 7.41. The van der Waals surface area contributed by atoms with Gasteiger partial charge in [0.2, 0.25) is 0 Å². The molecule has 0 saturated carbocycles. The molecule has 0 aliphatic rings. The first-order chi connectivity index (χ1) is 7.43. The third-order valence-corrected chi connectivity index (χ3v) is 3.80. The third-order valence-electron chi connectivity index (χ3n) is 2.37. The molecule has 0 bridgehead atoms. The molecule has 1 nitrogen and oxygen atoms in total. The van der Waals surface area contributed by atoms with E-state index in [9.17, 15) is 0 Å². The van der Waals surface area contributed by atoms with Crippen LogP contribution in [0.25, 0.3) is 0 Å². The Morgan fingerprint density at radius 2 is 2.20 bits per heavy atom. The molecular weight excluding hydrogens is 222 g/mol. The van der Waals surface area contributed by atoms with Gasteiger partial charge in [0.25, 0.3) is 0 Å². The zero-order chi connectivity index (χ0) is 10.8. The Kier molecular flexibility index (Phi) is 8.07. The molecule has 3 heteroatoms. The van der Waals surface area contributed by atoms with Crippen LogP contribution in [0.15, 0.2) is 16.8 Å². The van der Waals surface area contributed by atoms with Crippen molar-refractivity contribution in [3.8, 4) is 0 Å². The lowest BCUT2D eigenvalue weighted by Gasteiger charge is -2.03. The Labute approximate surface area is 102 Å². The normalized spacial score (nSPS) is 10.7. The molecule has 0 amide bonds. The van der Waals surface area contributed by atoms with Gasteiger partial charge in [-0.3, -0.25) is 0 Å². The monoisotopic (exact) mass is 243 g/mol. The molecule has 15 heavy (non-hydrogen) atoms. The Balaban J connectivity index is 1.81. The highest BCUT2D eigenvalue weighted by molar-refractivity contribution is 7.98. The molecule has 0 radical (unpaired) electrons. The summed E-state index contributed by atoms with van der Waals surface area (Å²) in [5, 5.41) is 7.89. The summed E-state index contributed by atoms with van der Waals surface area (Å²) in [5.74, 6) is 1.31. The van der Waals surface area contributed by atoms with Gasteiger partial charge in [-0.05, 0) is 66.8 Å². The number of unbranched alkanes of at least 4 members (excludes halogenated alkanes) is 2. The summed E-state index contributed by atoms with van der Waals surface area (Å²) >= 11 is 3.74. The van der Waals surface area contributed by atoms with E-state index in [2.05, 4.69) is 28.4 Å². The van der Waals surface area contributed by atoms with Crippen LogP contribution in [0.4, 0.5) is 0 Å². The third kappa shape index (κ3) is 6.98. The van der Waals surface area contributed by atoms with E-state index in [1.54, 1.807) is 11.3 Å². The molecule has 1 N–H and O–H groups in total. The number of hydrogen-bond acceptors (Lipinski definition) is 3. The van der Waals surface area contributed by atoms with Crippen LogP contribution < -0.4 is 5.32 Å². The second-order valence-electron chi connectivity index (χ2n) is 3.69. The number of thioether (sulfide) groups is 1. The molecule has 86 valence electrons. The topological polar surface area (TPSA) is 12.0 Å². The van der Waals surface area contributed by atoms with Crippen LogP contribution >= 0.6 is 23.1 Å². The zero-order valence-corrected chi connectivity index (χ0v) is 11.1. The maximum absolute atomic E-state index is 3.50. The summed E-state index contributed by atoms with van der Waals surface area (Å²) in [7, 11) is 0. The molecule has 1 aromatic rings. The fourth-order valence-corrected chi connectivity index (χ4v) is 2.66. The number of rotatable bonds is 9. The maximum atomic E-state index is 3.50. The van der Waals surface area contributed by atoms with Crippen molar-refractivity contribution in [2.75, 3.05) is 25.1 Å². The molecule has 0 spiro atoms. The molecule has 1 heterocycles. The van der Waals surface area contributed by atoms with E-state index >= 15 is 0 Å². The minimum absolute atomic E-state index is 1.12. The number of hydrogen-bond donors (Lipinski definition) is 1. The predicted molar refractivity (Wildman–Crippen MR) is 73.1 cm³/mol. The van der Waals surface area contributed by atoms with Crippen LogP contribution in [0.1, 0.15) is 24.8 Å². The Hall–Kier alpha value is 0.01000. The summed E-state index contributed by atoms with van der Waals surface area (Å²) in [4.78, 5) is 0. The quantitative estimate of drug-likeness (QED) is 0.667. The minimum Gasteiger partial charge on any atom is -0.316 e. The summed E-state index contributed by atoms with van der Waals surface area (Å²) in [6, 6.07) is 2.21. The largest absolute Gasteiger partial charge is 0.316 e. The Bertz CT molecular complexity index is 222. The van der Waals surface area contributed by atoms with Crippen LogP contribution in [0.3, 0.4) is 0 Å². The second kappa shape index (κ2) is 9.25. The first-order valence-corrected chi connectivity index (χ1v) is 7.98. The molecule has 0 aliphatic carbocycles. The summed E-state index contributed by atoms with van der Waals surface area (Å²) in [6.45, 7) is 2.30. The van der Waals surface area contributed by atoms with Crippen molar-refractivity contribution in [2.24, 2.45) is 0 Å². The van der Waals surface area contributed by atoms with Crippen molar-refractivity contribution in [2.45, 2.75) is 25.7 Å². The lowest BCUT2D eigenvalue weighted by atomic mass is 10.2. The average Bonchev–Trinajstić information content (AvgIpc) is 2.75. The molecule has 0 fully saturated rings. The lowest BCUT2D eigenvalue weighted by molar-refractivity contribution is 0.619. The number of thiophene rings is 1. The van der Waals surface area contributed by atoms with Gasteiger partial charge in [0.05, 0.1) is 0 Å². The molecule has 0 atom stereocenters. The van der Waals surface area contributed by atoms with E-state index in [-0.39, 0.29) is 0 Å². The molecule has 0 aliphatic heterocycles. The van der Waals surface area contributed by atoms with Crippen LogP contribution in [0.2, 0.25) is 0 Å². The van der Waals surface area contributed by atoms with E-state index in [1.807, 2.05) is 11.8 Å². The van der Waals surface area contributed by atoms with E-state index in [1.165, 1.54) is 43.5 Å². The highest BCUT2D eigenvalue weighted by atomic mass is 32.2. The van der Waals surface area contributed by atoms with Crippen molar-refractivity contribution in [3.05, 3.63) is 22.4 Å². The van der Waals surface area contributed by atoms with E-state index in [0.717, 1.165) is 6.54 Å². The average molecular weight is 243 g/mol. The van der Waals surface area contributed by atoms with Gasteiger partial charge in [0, 0.05) is 0 Å². The fourth-order valence-electron chi connectivity index (χ4n) is 1.47. The standard InChI is InChI=1S/C12H21NS2/c1-14-9-4-2-3-7-13-8-5-12-6-10-15-11-12/h6,10-11,13H,2-5,7-9H2,1H3. The minimum atomic E-state index is 1.12. The predicted octanol–water partition coefficient (Wildman–Crippen LogP) is 3.41. The zero-order valence-electron chi connectivity index (χ0n) is 9.50. The first-order valence-electron chi connectivity index (χ1n) is 5.64. The Morgan fingerprint density at radius 3 is 2.93 bits per heavy atom. The van der Waals surface area contributed by atoms with Crippen LogP contribution in [0, 0.1) is 0 Å². The van der Waals surface area contributed by atoms with Gasteiger partial charge in [0.1, 0.15) is 0 Å². The second-order valence-corrected chi connectivity index (χ2v) is 5.45. The summed E-state index contributed by atoms with van der Waals surface area (Å²) in [5.41, 5.74) is 1.47. The van der Waals surface area contributed by atoms with Gasteiger partial charge in [-0.15, -0.1) is 0 Å². The van der Waals surface area contributed by atoms with Crippen LogP contribution in [-0.4, -0.2) is 25.1 Å². The first kappa shape index (κ1) is 13.1. The highest BCUT2D eigenvalue weighted by Crippen LogP contribution is 2.05. The van der Waals surface area contributed by atoms with Crippen molar-refractivity contribution >= 4 is 23.1 Å². The van der Waals surface area contributed by atoms with Crippen molar-refractivity contribution < 1.29 is 0 Å². The van der Waals surface area contributed by atoms with Crippen LogP contribution in [-0.2, 0) is 6.42 Å². The highest BCUT2D eigenvalue weighted by Gasteiger charge is 1.93. The maximum Gasteiger partial charge on any atom is -0.000806 e. The lowest BCUT2D eigenvalue weighted by Crippen LogP contribution is -2.18. The molecule has 0 unspecified atom stereocenters. The van der Waals surface area contributed by atoms with Gasteiger partial charge >= 0.3 is 0 Å². The van der Waals surface area contributed by atoms with Gasteiger partial charge in [0.15, 0.2) is 0 Å². The van der Waals surface area contributed by atoms with E-state index in [0.29, 0.717) is 0 Å². The van der Waals surface area contributed by atoms with Gasteiger partial charge in [-0.1, -0.05) is 6.42 Å². The van der Waals surface area contributed by atoms with Crippen molar-refractivity contribution in [1.29, 1.82) is 0 Å². The van der Waals surface area contributed by atoms with Gasteiger partial charge in [-0.25, -0.2) is 0 Å². The molecule has 0 aromatic carbocycles. The van der Waals surface area contributed by atoms with Gasteiger partial charge in [-0.2, -0.15) is 23.1 Å². The van der Waals surface area contributed by atoms with Gasteiger partial charge < -0.3 is 5.32 Å². The summed E-state index contributed by atoms with van der Waals surface area (Å²) < 4.78 is 0. The fraction of sp³-hybridized carbons (Fsp3) is 0.667. The molecule has 1 aromatic heterocycles. The number of nitrogens with one attached hydrogen (secondary N) is 1. The molecule has 1 rings (SSSR count). The van der Waals surface area contributed by atoms with Crippen molar-refractivity contribution in [1.82, 2.24) is 5.32 Å². The van der Waals surface area contributed by atoms with Crippen LogP contribution in [0.5, 0.6) is 0 Å². The SMILES string of the molecule is CSCCCCCNCCc1ccsc1. The molecule has 0 saturated heterocycles. The van der Waals surface area contributed by atoms with E-state index < -0.39 is 0 Å². The Morgan fingerprint density at radius 1 is 1.27 bits per heavy atom.